The van der Waals surface area contributed by atoms with Crippen molar-refractivity contribution in [3.63, 3.8) is 0 Å². The number of nitrogens with one attached hydrogen (secondary N) is 1. The molecule has 1 atom stereocenters. The van der Waals surface area contributed by atoms with E-state index >= 15 is 0 Å². The van der Waals surface area contributed by atoms with Crippen molar-refractivity contribution >= 4 is 15.9 Å². The topological polar surface area (TPSA) is 95.7 Å². The lowest BCUT2D eigenvalue weighted by Gasteiger charge is -2.33. The van der Waals surface area contributed by atoms with Crippen molar-refractivity contribution in [2.75, 3.05) is 45.5 Å². The summed E-state index contributed by atoms with van der Waals surface area (Å²) in [4.78, 5) is 13.4. The summed E-state index contributed by atoms with van der Waals surface area (Å²) < 4.78 is 24.2. The molecule has 1 aliphatic rings. The number of amides is 1. The van der Waals surface area contributed by atoms with Gasteiger partial charge in [0.2, 0.25) is 15.9 Å². The third-order valence-corrected chi connectivity index (χ3v) is 4.63. The van der Waals surface area contributed by atoms with Crippen LogP contribution < -0.4 is 11.1 Å². The number of hydrogen-bond acceptors (Lipinski definition) is 5. The number of rotatable bonds is 7. The number of piperazine rings is 1. The first kappa shape index (κ1) is 16.4. The highest BCUT2D eigenvalue weighted by Gasteiger charge is 2.24. The van der Waals surface area contributed by atoms with Gasteiger partial charge in [0.05, 0.1) is 12.3 Å². The highest BCUT2D eigenvalue weighted by atomic mass is 32.2. The smallest absolute Gasteiger partial charge is 0.234 e. The maximum absolute atomic E-state index is 11.4. The van der Waals surface area contributed by atoms with Gasteiger partial charge in [-0.15, -0.1) is 0 Å². The van der Waals surface area contributed by atoms with Crippen molar-refractivity contribution in [2.45, 2.75) is 19.4 Å². The van der Waals surface area contributed by atoms with E-state index in [9.17, 15) is 13.2 Å². The van der Waals surface area contributed by atoms with E-state index in [1.807, 2.05) is 6.92 Å². The van der Waals surface area contributed by atoms with Gasteiger partial charge in [-0.2, -0.15) is 4.31 Å². The summed E-state index contributed by atoms with van der Waals surface area (Å²) in [5.41, 5.74) is 5.31. The maximum atomic E-state index is 11.4. The Morgan fingerprint density at radius 2 is 1.89 bits per heavy atom. The molecule has 0 radical (unpaired) electrons. The molecule has 1 amide bonds. The van der Waals surface area contributed by atoms with Crippen molar-refractivity contribution in [3.05, 3.63) is 0 Å². The molecule has 19 heavy (non-hydrogen) atoms. The molecule has 1 aliphatic heterocycles. The second-order valence-electron chi connectivity index (χ2n) is 4.80. The fourth-order valence-electron chi connectivity index (χ4n) is 2.19. The molecule has 0 aromatic rings. The average Bonchev–Trinajstić information content (AvgIpc) is 2.33. The molecule has 0 spiro atoms. The Hall–Kier alpha value is -0.700. The number of primary amides is 1. The third-order valence-electron chi connectivity index (χ3n) is 3.33. The molecule has 0 aromatic heterocycles. The van der Waals surface area contributed by atoms with Gasteiger partial charge < -0.3 is 16.0 Å². The van der Waals surface area contributed by atoms with Crippen LogP contribution in [0.2, 0.25) is 0 Å². The van der Waals surface area contributed by atoms with Crippen LogP contribution in [0, 0.1) is 0 Å². The van der Waals surface area contributed by atoms with E-state index < -0.39 is 10.0 Å². The maximum Gasteiger partial charge on any atom is 0.234 e. The van der Waals surface area contributed by atoms with Crippen LogP contribution in [0.1, 0.15) is 13.3 Å². The van der Waals surface area contributed by atoms with Crippen LogP contribution in [0.25, 0.3) is 0 Å². The van der Waals surface area contributed by atoms with Crippen LogP contribution >= 0.6 is 0 Å². The van der Waals surface area contributed by atoms with Crippen LogP contribution in [-0.2, 0) is 14.8 Å². The number of sulfonamides is 1. The number of carbonyl (C=O) groups is 1. The molecule has 1 unspecified atom stereocenters. The Balaban J connectivity index is 2.35. The van der Waals surface area contributed by atoms with Crippen molar-refractivity contribution in [2.24, 2.45) is 5.73 Å². The molecule has 0 aromatic carbocycles. The largest absolute Gasteiger partial charge is 0.368 e. The molecule has 3 N–H and O–H groups in total. The van der Waals surface area contributed by atoms with E-state index in [2.05, 4.69) is 10.2 Å². The first-order valence-electron chi connectivity index (χ1n) is 6.54. The Bertz CT molecular complexity index is 391. The first-order valence-corrected chi connectivity index (χ1v) is 8.39. The molecule has 1 heterocycles. The molecule has 0 aliphatic carbocycles. The zero-order valence-corrected chi connectivity index (χ0v) is 12.4. The summed E-state index contributed by atoms with van der Waals surface area (Å²) in [5, 5.41) is 3.05. The fourth-order valence-corrected chi connectivity index (χ4v) is 3.01. The van der Waals surface area contributed by atoms with Gasteiger partial charge in [-0.05, 0) is 13.0 Å². The highest BCUT2D eigenvalue weighted by Crippen LogP contribution is 2.07. The van der Waals surface area contributed by atoms with Crippen LogP contribution in [0.15, 0.2) is 0 Å². The van der Waals surface area contributed by atoms with Crippen LogP contribution in [0.3, 0.4) is 0 Å². The van der Waals surface area contributed by atoms with E-state index in [1.54, 1.807) is 0 Å². The van der Waals surface area contributed by atoms with Crippen molar-refractivity contribution < 1.29 is 13.2 Å². The van der Waals surface area contributed by atoms with Gasteiger partial charge in [0.25, 0.3) is 0 Å². The van der Waals surface area contributed by atoms with Crippen LogP contribution in [0.5, 0.6) is 0 Å². The van der Waals surface area contributed by atoms with Crippen molar-refractivity contribution in [1.29, 1.82) is 0 Å². The predicted molar refractivity (Wildman–Crippen MR) is 74.1 cm³/mol. The van der Waals surface area contributed by atoms with Crippen molar-refractivity contribution in [1.82, 2.24) is 14.5 Å². The molecule has 1 rings (SSSR count). The van der Waals surface area contributed by atoms with Gasteiger partial charge in [-0.3, -0.25) is 4.79 Å². The summed E-state index contributed by atoms with van der Waals surface area (Å²) in [6.45, 7) is 5.81. The molecular formula is C11H24N4O3S. The lowest BCUT2D eigenvalue weighted by atomic mass is 10.2. The molecule has 1 fully saturated rings. The Morgan fingerprint density at radius 3 is 2.32 bits per heavy atom. The molecular weight excluding hydrogens is 268 g/mol. The first-order chi connectivity index (χ1) is 8.84. The van der Waals surface area contributed by atoms with Crippen LogP contribution in [-0.4, -0.2) is 75.1 Å². The molecule has 1 saturated heterocycles. The van der Waals surface area contributed by atoms with E-state index in [1.165, 1.54) is 10.6 Å². The zero-order chi connectivity index (χ0) is 14.5. The highest BCUT2D eigenvalue weighted by molar-refractivity contribution is 7.88. The molecule has 8 heteroatoms. The van der Waals surface area contributed by atoms with E-state index in [0.29, 0.717) is 39.1 Å². The van der Waals surface area contributed by atoms with Crippen LogP contribution in [0.4, 0.5) is 0 Å². The number of nitrogens with two attached hydrogens (primary N) is 1. The second kappa shape index (κ2) is 7.18. The Morgan fingerprint density at radius 1 is 1.32 bits per heavy atom. The second-order valence-corrected chi connectivity index (χ2v) is 6.79. The number of nitrogens with zero attached hydrogens (tertiary/aromatic N) is 2. The standard InChI is InChI=1S/C11H24N4O3S/c1-3-13-10(11(12)16)4-5-14-6-8-15(9-7-14)19(2,17)18/h10,13H,3-9H2,1-2H3,(H2,12,16). The monoisotopic (exact) mass is 292 g/mol. The van der Waals surface area contributed by atoms with E-state index in [0.717, 1.165) is 6.54 Å². The summed E-state index contributed by atoms with van der Waals surface area (Å²) in [6, 6.07) is -0.307. The normalized spacial score (nSPS) is 20.3. The van der Waals surface area contributed by atoms with E-state index in [4.69, 9.17) is 5.73 Å². The number of likely N-dealkylation sites (N-methyl/N-ethyl adjacent to an activating group) is 1. The van der Waals surface area contributed by atoms with Gasteiger partial charge in [-0.1, -0.05) is 6.92 Å². The third kappa shape index (κ3) is 5.43. The quantitative estimate of drug-likeness (QED) is 0.590. The minimum absolute atomic E-state index is 0.307. The van der Waals surface area contributed by atoms with Gasteiger partial charge in [-0.25, -0.2) is 8.42 Å². The van der Waals surface area contributed by atoms with E-state index in [-0.39, 0.29) is 11.9 Å². The minimum Gasteiger partial charge on any atom is -0.368 e. The van der Waals surface area contributed by atoms with Gasteiger partial charge in [0, 0.05) is 32.7 Å². The number of carbonyl (C=O) groups excluding carboxylic acids is 1. The van der Waals surface area contributed by atoms with Gasteiger partial charge in [0.1, 0.15) is 0 Å². The Kier molecular flexibility index (Phi) is 6.18. The Labute approximate surface area is 115 Å². The minimum atomic E-state index is -3.08. The van der Waals surface area contributed by atoms with Crippen molar-refractivity contribution in [3.8, 4) is 0 Å². The number of hydrogen-bond donors (Lipinski definition) is 2. The fraction of sp³-hybridized carbons (Fsp3) is 0.909. The zero-order valence-electron chi connectivity index (χ0n) is 11.6. The SMILES string of the molecule is CCNC(CCN1CCN(S(C)(=O)=O)CC1)C(N)=O. The molecule has 0 saturated carbocycles. The lowest BCUT2D eigenvalue weighted by molar-refractivity contribution is -0.120. The summed E-state index contributed by atoms with van der Waals surface area (Å²) >= 11 is 0. The molecule has 7 nitrogen and oxygen atoms in total. The molecule has 112 valence electrons. The molecule has 0 bridgehead atoms. The summed E-state index contributed by atoms with van der Waals surface area (Å²) in [5.74, 6) is -0.336. The average molecular weight is 292 g/mol. The summed E-state index contributed by atoms with van der Waals surface area (Å²) in [7, 11) is -3.08. The summed E-state index contributed by atoms with van der Waals surface area (Å²) in [6.07, 6.45) is 1.89. The van der Waals surface area contributed by atoms with Gasteiger partial charge in [0.15, 0.2) is 0 Å². The predicted octanol–water partition coefficient (Wildman–Crippen LogP) is -1.58. The van der Waals surface area contributed by atoms with Gasteiger partial charge >= 0.3 is 0 Å². The lowest BCUT2D eigenvalue weighted by Crippen LogP contribution is -2.50.